The van der Waals surface area contributed by atoms with Crippen LogP contribution in [0.25, 0.3) is 0 Å². The van der Waals surface area contributed by atoms with Crippen LogP contribution < -0.4 is 19.1 Å². The van der Waals surface area contributed by atoms with E-state index in [0.717, 1.165) is 48.4 Å². The molecule has 1 unspecified atom stereocenters. The van der Waals surface area contributed by atoms with Gasteiger partial charge in [-0.2, -0.15) is 0 Å². The molecule has 3 heterocycles. The van der Waals surface area contributed by atoms with Crippen LogP contribution in [0.2, 0.25) is 0 Å². The number of nitrogens with zero attached hydrogens (tertiary/aromatic N) is 1. The Bertz CT molecular complexity index is 909. The molecule has 3 aliphatic heterocycles. The zero-order chi connectivity index (χ0) is 18.4. The largest absolute Gasteiger partial charge is 0.491 e. The van der Waals surface area contributed by atoms with Gasteiger partial charge in [-0.15, -0.1) is 0 Å². The predicted octanol–water partition coefficient (Wildman–Crippen LogP) is 3.67. The lowest BCUT2D eigenvalue weighted by Gasteiger charge is -2.24. The third-order valence-electron chi connectivity index (χ3n) is 5.80. The van der Waals surface area contributed by atoms with Crippen LogP contribution in [0.15, 0.2) is 36.4 Å². The molecular weight excluding hydrogens is 342 g/mol. The molecule has 0 N–H and O–H groups in total. The molecule has 27 heavy (non-hydrogen) atoms. The molecule has 5 nitrogen and oxygen atoms in total. The fraction of sp³-hybridized carbons (Fsp3) is 0.409. The molecule has 0 bridgehead atoms. The van der Waals surface area contributed by atoms with E-state index in [0.29, 0.717) is 31.3 Å². The van der Waals surface area contributed by atoms with Crippen LogP contribution in [-0.2, 0) is 10.2 Å². The molecule has 2 aromatic carbocycles. The second-order valence-electron chi connectivity index (χ2n) is 7.37. The molecule has 140 valence electrons. The van der Waals surface area contributed by atoms with Crippen molar-refractivity contribution in [1.82, 2.24) is 0 Å². The maximum atomic E-state index is 13.7. The molecule has 5 rings (SSSR count). The fourth-order valence-electron chi connectivity index (χ4n) is 4.45. The van der Waals surface area contributed by atoms with Crippen LogP contribution in [0.4, 0.5) is 5.69 Å². The highest BCUT2D eigenvalue weighted by atomic mass is 16.6. The smallest absolute Gasteiger partial charge is 0.245 e. The number of hydrogen-bond donors (Lipinski definition) is 0. The van der Waals surface area contributed by atoms with Crippen molar-refractivity contribution in [2.75, 3.05) is 31.3 Å². The lowest BCUT2D eigenvalue weighted by Crippen LogP contribution is -2.42. The topological polar surface area (TPSA) is 48.0 Å². The maximum absolute atomic E-state index is 13.7. The summed E-state index contributed by atoms with van der Waals surface area (Å²) in [6.07, 6.45) is 3.25. The zero-order valence-corrected chi connectivity index (χ0v) is 15.5. The van der Waals surface area contributed by atoms with Gasteiger partial charge in [0.05, 0.1) is 0 Å². The van der Waals surface area contributed by atoms with Crippen LogP contribution >= 0.6 is 0 Å². The van der Waals surface area contributed by atoms with Crippen LogP contribution in [-0.4, -0.2) is 32.3 Å². The highest BCUT2D eigenvalue weighted by molar-refractivity contribution is 6.11. The number of rotatable bonds is 4. The molecule has 5 heteroatoms. The lowest BCUT2D eigenvalue weighted by molar-refractivity contribution is -0.122. The lowest BCUT2D eigenvalue weighted by atomic mass is 9.77. The number of ether oxygens (including phenoxy) is 3. The van der Waals surface area contributed by atoms with Gasteiger partial charge in [0.2, 0.25) is 5.91 Å². The van der Waals surface area contributed by atoms with Gasteiger partial charge >= 0.3 is 0 Å². The molecule has 1 atom stereocenters. The molecule has 0 radical (unpaired) electrons. The van der Waals surface area contributed by atoms with E-state index >= 15 is 0 Å². The third kappa shape index (κ3) is 2.27. The van der Waals surface area contributed by atoms with Crippen molar-refractivity contribution >= 4 is 11.6 Å². The van der Waals surface area contributed by atoms with E-state index in [1.54, 1.807) is 0 Å². The minimum Gasteiger partial charge on any atom is -0.491 e. The summed E-state index contributed by atoms with van der Waals surface area (Å²) in [4.78, 5) is 15.6. The van der Waals surface area contributed by atoms with Crippen molar-refractivity contribution in [2.45, 2.75) is 31.6 Å². The summed E-state index contributed by atoms with van der Waals surface area (Å²) in [6, 6.07) is 11.9. The average molecular weight is 365 g/mol. The first-order valence-corrected chi connectivity index (χ1v) is 9.74. The standard InChI is InChI=1S/C22H23NO4/c1-2-3-6-9-23-17-8-5-4-7-15(17)22(21(23)24)14-27-18-13-20-19(12-16(18)22)25-10-11-26-20/h4-5,7-8,12-13H,2-3,6,9-11,14H2,1H3. The first-order chi connectivity index (χ1) is 13.3. The van der Waals surface area contributed by atoms with Crippen LogP contribution in [0.5, 0.6) is 17.2 Å². The number of para-hydroxylation sites is 1. The van der Waals surface area contributed by atoms with Gasteiger partial charge in [-0.1, -0.05) is 38.0 Å². The number of hydrogen-bond acceptors (Lipinski definition) is 4. The normalized spacial score (nSPS) is 22.0. The number of carbonyl (C=O) groups is 1. The summed E-state index contributed by atoms with van der Waals surface area (Å²) in [6.45, 7) is 4.29. The SMILES string of the molecule is CCCCCN1C(=O)C2(COc3cc4c(cc32)OCCO4)c2ccccc21. The number of fused-ring (bicyclic) bond motifs is 5. The van der Waals surface area contributed by atoms with Crippen LogP contribution in [0.3, 0.4) is 0 Å². The van der Waals surface area contributed by atoms with Crippen molar-refractivity contribution in [3.05, 3.63) is 47.5 Å². The maximum Gasteiger partial charge on any atom is 0.245 e. The van der Waals surface area contributed by atoms with Gasteiger partial charge in [0, 0.05) is 23.9 Å². The van der Waals surface area contributed by atoms with Crippen molar-refractivity contribution in [1.29, 1.82) is 0 Å². The number of unbranched alkanes of at least 4 members (excludes halogenated alkanes) is 2. The molecule has 0 saturated carbocycles. The summed E-state index contributed by atoms with van der Waals surface area (Å²) in [5.41, 5.74) is 2.14. The van der Waals surface area contributed by atoms with E-state index in [-0.39, 0.29) is 5.91 Å². The van der Waals surface area contributed by atoms with Crippen LogP contribution in [0, 0.1) is 0 Å². The highest BCUT2D eigenvalue weighted by Crippen LogP contribution is 2.54. The Labute approximate surface area is 158 Å². The molecule has 0 fully saturated rings. The number of carbonyl (C=O) groups excluding carboxylic acids is 1. The molecule has 2 aromatic rings. The fourth-order valence-corrected chi connectivity index (χ4v) is 4.45. The zero-order valence-electron chi connectivity index (χ0n) is 15.5. The van der Waals surface area contributed by atoms with Crippen LogP contribution in [0.1, 0.15) is 37.3 Å². The summed E-state index contributed by atoms with van der Waals surface area (Å²) < 4.78 is 17.5. The van der Waals surface area contributed by atoms with Gasteiger partial charge in [0.1, 0.15) is 31.0 Å². The summed E-state index contributed by atoms with van der Waals surface area (Å²) >= 11 is 0. The Kier molecular flexibility index (Phi) is 3.78. The monoisotopic (exact) mass is 365 g/mol. The Balaban J connectivity index is 1.62. The van der Waals surface area contributed by atoms with Crippen molar-refractivity contribution in [2.24, 2.45) is 0 Å². The van der Waals surface area contributed by atoms with E-state index in [4.69, 9.17) is 14.2 Å². The highest BCUT2D eigenvalue weighted by Gasteiger charge is 2.57. The van der Waals surface area contributed by atoms with E-state index in [9.17, 15) is 4.79 Å². The van der Waals surface area contributed by atoms with E-state index in [1.165, 1.54) is 0 Å². The Morgan fingerprint density at radius 3 is 2.56 bits per heavy atom. The molecule has 0 aromatic heterocycles. The molecule has 1 amide bonds. The summed E-state index contributed by atoms with van der Waals surface area (Å²) in [5.74, 6) is 2.21. The van der Waals surface area contributed by atoms with E-state index in [2.05, 4.69) is 13.0 Å². The van der Waals surface area contributed by atoms with Gasteiger partial charge in [0.15, 0.2) is 11.5 Å². The Hall–Kier alpha value is -2.69. The van der Waals surface area contributed by atoms with Crippen molar-refractivity contribution < 1.29 is 19.0 Å². The molecular formula is C22H23NO4. The van der Waals surface area contributed by atoms with E-state index in [1.807, 2.05) is 35.2 Å². The molecule has 3 aliphatic rings. The predicted molar refractivity (Wildman–Crippen MR) is 102 cm³/mol. The van der Waals surface area contributed by atoms with Gasteiger partial charge in [-0.3, -0.25) is 4.79 Å². The molecule has 1 spiro atoms. The number of anilines is 1. The average Bonchev–Trinajstić information content (AvgIpc) is 3.19. The first-order valence-electron chi connectivity index (χ1n) is 9.74. The number of amides is 1. The van der Waals surface area contributed by atoms with Gasteiger partial charge < -0.3 is 19.1 Å². The summed E-state index contributed by atoms with van der Waals surface area (Å²) in [5, 5.41) is 0. The van der Waals surface area contributed by atoms with Gasteiger partial charge in [0.25, 0.3) is 0 Å². The third-order valence-corrected chi connectivity index (χ3v) is 5.80. The minimum absolute atomic E-state index is 0.107. The molecule has 0 saturated heterocycles. The number of benzene rings is 2. The summed E-state index contributed by atoms with van der Waals surface area (Å²) in [7, 11) is 0. The van der Waals surface area contributed by atoms with E-state index < -0.39 is 5.41 Å². The Morgan fingerprint density at radius 1 is 0.963 bits per heavy atom. The molecule has 0 aliphatic carbocycles. The first kappa shape index (κ1) is 16.5. The Morgan fingerprint density at radius 2 is 1.74 bits per heavy atom. The second-order valence-corrected chi connectivity index (χ2v) is 7.37. The van der Waals surface area contributed by atoms with Crippen molar-refractivity contribution in [3.8, 4) is 17.2 Å². The second kappa shape index (κ2) is 6.19. The van der Waals surface area contributed by atoms with Gasteiger partial charge in [-0.05, 0) is 24.1 Å². The minimum atomic E-state index is -0.784. The van der Waals surface area contributed by atoms with Gasteiger partial charge in [-0.25, -0.2) is 0 Å². The van der Waals surface area contributed by atoms with Crippen molar-refractivity contribution in [3.63, 3.8) is 0 Å². The quantitative estimate of drug-likeness (QED) is 0.776.